The molecule has 0 aliphatic rings. The minimum Gasteiger partial charge on any atom is -0.352 e. The fourth-order valence-electron chi connectivity index (χ4n) is 3.28. The summed E-state index contributed by atoms with van der Waals surface area (Å²) in [6.07, 6.45) is 9.57. The molecule has 1 amide bonds. The van der Waals surface area contributed by atoms with Gasteiger partial charge in [0, 0.05) is 55.1 Å². The summed E-state index contributed by atoms with van der Waals surface area (Å²) in [5.41, 5.74) is 3.04. The van der Waals surface area contributed by atoms with Gasteiger partial charge in [0.1, 0.15) is 5.82 Å². The van der Waals surface area contributed by atoms with Crippen molar-refractivity contribution in [3.63, 3.8) is 0 Å². The molecule has 0 atom stereocenters. The minimum absolute atomic E-state index is 0.126. The number of aromatic nitrogens is 3. The predicted octanol–water partition coefficient (Wildman–Crippen LogP) is 3.85. The molecule has 0 fully saturated rings. The molecule has 0 aliphatic carbocycles. The lowest BCUT2D eigenvalue weighted by molar-refractivity contribution is -0.116. The molecule has 2 heterocycles. The number of amides is 1. The van der Waals surface area contributed by atoms with E-state index >= 15 is 0 Å². The average Bonchev–Trinajstić information content (AvgIpc) is 3.20. The number of imidazole rings is 1. The first-order valence-electron chi connectivity index (χ1n) is 9.63. The van der Waals surface area contributed by atoms with Crippen molar-refractivity contribution in [1.82, 2.24) is 19.9 Å². The Morgan fingerprint density at radius 2 is 1.83 bits per heavy atom. The molecule has 2 aromatic carbocycles. The number of hydrogen-bond donors (Lipinski definition) is 1. The van der Waals surface area contributed by atoms with Gasteiger partial charge in [-0.25, -0.2) is 4.98 Å². The third-order valence-electron chi connectivity index (χ3n) is 4.72. The molecule has 4 rings (SSSR count). The van der Waals surface area contributed by atoms with Crippen molar-refractivity contribution in [1.29, 1.82) is 0 Å². The van der Waals surface area contributed by atoms with E-state index in [2.05, 4.69) is 32.0 Å². The maximum atomic E-state index is 12.2. The van der Waals surface area contributed by atoms with Crippen LogP contribution in [0.15, 0.2) is 85.3 Å². The molecule has 4 aromatic rings. The Morgan fingerprint density at radius 3 is 2.72 bits per heavy atom. The summed E-state index contributed by atoms with van der Waals surface area (Å²) in [6.45, 7) is 1.31. The van der Waals surface area contributed by atoms with Crippen molar-refractivity contribution < 1.29 is 4.79 Å². The highest BCUT2D eigenvalue weighted by molar-refractivity contribution is 5.95. The van der Waals surface area contributed by atoms with E-state index in [1.807, 2.05) is 54.7 Å². The summed E-state index contributed by atoms with van der Waals surface area (Å²) in [7, 11) is 0. The predicted molar refractivity (Wildman–Crippen MR) is 115 cm³/mol. The number of carbonyl (C=O) groups is 1. The smallest absolute Gasteiger partial charge is 0.244 e. The van der Waals surface area contributed by atoms with Crippen LogP contribution in [0.3, 0.4) is 0 Å². The maximum absolute atomic E-state index is 12.2. The summed E-state index contributed by atoms with van der Waals surface area (Å²) in [6, 6.07) is 20.1. The number of rotatable bonds is 7. The molecule has 2 aromatic heterocycles. The molecule has 5 heteroatoms. The van der Waals surface area contributed by atoms with Crippen LogP contribution in [0, 0.1) is 0 Å². The molecule has 0 bridgehead atoms. The number of carbonyl (C=O) groups excluding carboxylic acids is 1. The first kappa shape index (κ1) is 18.6. The van der Waals surface area contributed by atoms with E-state index in [1.54, 1.807) is 24.5 Å². The van der Waals surface area contributed by atoms with Crippen molar-refractivity contribution >= 4 is 22.9 Å². The molecule has 0 spiro atoms. The van der Waals surface area contributed by atoms with Crippen LogP contribution in [-0.4, -0.2) is 27.0 Å². The van der Waals surface area contributed by atoms with Gasteiger partial charge < -0.3 is 9.88 Å². The molecule has 5 nitrogen and oxygen atoms in total. The van der Waals surface area contributed by atoms with E-state index in [0.29, 0.717) is 13.0 Å². The number of nitrogens with zero attached hydrogens (tertiary/aromatic N) is 3. The SMILES string of the molecule is O=C(/C=C/c1cccc2cccnc12)NCCc1nccn1Cc1ccccc1. The number of pyridine rings is 1. The van der Waals surface area contributed by atoms with Crippen LogP contribution in [-0.2, 0) is 17.8 Å². The molecule has 0 saturated heterocycles. The zero-order valence-corrected chi connectivity index (χ0v) is 16.0. The molecule has 144 valence electrons. The highest BCUT2D eigenvalue weighted by Crippen LogP contribution is 2.17. The Hall–Kier alpha value is -3.73. The molecule has 0 radical (unpaired) electrons. The van der Waals surface area contributed by atoms with E-state index in [0.717, 1.165) is 28.8 Å². The van der Waals surface area contributed by atoms with Crippen LogP contribution in [0.1, 0.15) is 17.0 Å². The fraction of sp³-hybridized carbons (Fsp3) is 0.125. The van der Waals surface area contributed by atoms with Gasteiger partial charge in [-0.3, -0.25) is 9.78 Å². The number of hydrogen-bond acceptors (Lipinski definition) is 3. The van der Waals surface area contributed by atoms with E-state index in [9.17, 15) is 4.79 Å². The lowest BCUT2D eigenvalue weighted by Gasteiger charge is -2.08. The van der Waals surface area contributed by atoms with E-state index < -0.39 is 0 Å². The second kappa shape index (κ2) is 8.97. The van der Waals surface area contributed by atoms with Gasteiger partial charge in [0.15, 0.2) is 0 Å². The van der Waals surface area contributed by atoms with Crippen LogP contribution < -0.4 is 5.32 Å². The Bertz CT molecular complexity index is 1130. The molecule has 29 heavy (non-hydrogen) atoms. The summed E-state index contributed by atoms with van der Waals surface area (Å²) in [4.78, 5) is 21.0. The first-order valence-corrected chi connectivity index (χ1v) is 9.63. The Labute approximate surface area is 169 Å². The Balaban J connectivity index is 1.33. The summed E-state index contributed by atoms with van der Waals surface area (Å²) >= 11 is 0. The van der Waals surface area contributed by atoms with Crippen molar-refractivity contribution in [2.75, 3.05) is 6.54 Å². The molecule has 0 aliphatic heterocycles. The lowest BCUT2D eigenvalue weighted by Crippen LogP contribution is -2.24. The van der Waals surface area contributed by atoms with Gasteiger partial charge in [-0.2, -0.15) is 0 Å². The second-order valence-electron chi connectivity index (χ2n) is 6.75. The van der Waals surface area contributed by atoms with Gasteiger partial charge in [0.05, 0.1) is 5.52 Å². The number of benzene rings is 2. The third kappa shape index (κ3) is 4.76. The summed E-state index contributed by atoms with van der Waals surface area (Å²) in [5.74, 6) is 0.829. The average molecular weight is 382 g/mol. The van der Waals surface area contributed by atoms with Gasteiger partial charge in [-0.05, 0) is 17.7 Å². The zero-order chi connectivity index (χ0) is 19.9. The van der Waals surface area contributed by atoms with Gasteiger partial charge >= 0.3 is 0 Å². The largest absolute Gasteiger partial charge is 0.352 e. The van der Waals surface area contributed by atoms with Gasteiger partial charge in [0.25, 0.3) is 0 Å². The highest BCUT2D eigenvalue weighted by atomic mass is 16.1. The van der Waals surface area contributed by atoms with Crippen molar-refractivity contribution in [3.05, 3.63) is 102 Å². The maximum Gasteiger partial charge on any atom is 0.244 e. The van der Waals surface area contributed by atoms with Gasteiger partial charge in [-0.15, -0.1) is 0 Å². The minimum atomic E-state index is -0.126. The summed E-state index contributed by atoms with van der Waals surface area (Å²) in [5, 5.41) is 3.99. The summed E-state index contributed by atoms with van der Waals surface area (Å²) < 4.78 is 2.11. The van der Waals surface area contributed by atoms with Crippen LogP contribution in [0.25, 0.3) is 17.0 Å². The molecular formula is C24H22N4O. The van der Waals surface area contributed by atoms with Crippen LogP contribution in [0.5, 0.6) is 0 Å². The Morgan fingerprint density at radius 1 is 0.966 bits per heavy atom. The number of fused-ring (bicyclic) bond motifs is 1. The standard InChI is InChI=1S/C24H22N4O/c29-23(12-11-21-9-4-8-20-10-5-14-27-24(20)21)26-15-13-22-25-16-17-28(22)18-19-6-2-1-3-7-19/h1-12,14,16-17H,13,15,18H2,(H,26,29)/b12-11+. The number of para-hydroxylation sites is 1. The lowest BCUT2D eigenvalue weighted by atomic mass is 10.1. The topological polar surface area (TPSA) is 59.8 Å². The van der Waals surface area contributed by atoms with Gasteiger partial charge in [0.2, 0.25) is 5.91 Å². The van der Waals surface area contributed by atoms with Crippen molar-refractivity contribution in [3.8, 4) is 0 Å². The fourth-order valence-corrected chi connectivity index (χ4v) is 3.28. The molecule has 0 unspecified atom stereocenters. The monoisotopic (exact) mass is 382 g/mol. The van der Waals surface area contributed by atoms with Crippen LogP contribution in [0.2, 0.25) is 0 Å². The molecule has 0 saturated carbocycles. The van der Waals surface area contributed by atoms with Gasteiger partial charge in [-0.1, -0.05) is 54.6 Å². The molecular weight excluding hydrogens is 360 g/mol. The number of nitrogens with one attached hydrogen (secondary N) is 1. The molecule has 1 N–H and O–H groups in total. The van der Waals surface area contributed by atoms with Crippen molar-refractivity contribution in [2.24, 2.45) is 0 Å². The van der Waals surface area contributed by atoms with E-state index in [1.165, 1.54) is 5.56 Å². The van der Waals surface area contributed by atoms with E-state index in [4.69, 9.17) is 0 Å². The second-order valence-corrected chi connectivity index (χ2v) is 6.75. The normalized spacial score (nSPS) is 11.2. The van der Waals surface area contributed by atoms with Crippen LogP contribution in [0.4, 0.5) is 0 Å². The van der Waals surface area contributed by atoms with E-state index in [-0.39, 0.29) is 5.91 Å². The third-order valence-corrected chi connectivity index (χ3v) is 4.72. The van der Waals surface area contributed by atoms with Crippen molar-refractivity contribution in [2.45, 2.75) is 13.0 Å². The quantitative estimate of drug-likeness (QED) is 0.494. The Kier molecular flexibility index (Phi) is 5.76. The first-order chi connectivity index (χ1) is 14.3. The van der Waals surface area contributed by atoms with Crippen LogP contribution >= 0.6 is 0 Å². The highest BCUT2D eigenvalue weighted by Gasteiger charge is 2.05. The zero-order valence-electron chi connectivity index (χ0n) is 16.0.